The number of nitrogens with one attached hydrogen (secondary N) is 1. The molecule has 0 aliphatic heterocycles. The first-order valence-corrected chi connectivity index (χ1v) is 5.72. The molecule has 0 heterocycles. The summed E-state index contributed by atoms with van der Waals surface area (Å²) in [5.74, 6) is -1.68. The summed E-state index contributed by atoms with van der Waals surface area (Å²) in [6, 6.07) is 5.62. The summed E-state index contributed by atoms with van der Waals surface area (Å²) in [7, 11) is 1.25. The van der Waals surface area contributed by atoms with Crippen LogP contribution in [-0.4, -0.2) is 30.4 Å². The molecule has 1 aromatic carbocycles. The molecule has 0 aliphatic carbocycles. The molecule has 92 valence electrons. The molecule has 0 aromatic heterocycles. The number of ether oxygens (including phenoxy) is 1. The highest BCUT2D eigenvalue weighted by Crippen LogP contribution is 2.06. The minimum absolute atomic E-state index is 0.0276. The molecule has 0 aliphatic rings. The highest BCUT2D eigenvalue weighted by molar-refractivity contribution is 9.10. The number of esters is 1. The number of benzene rings is 1. The van der Waals surface area contributed by atoms with Gasteiger partial charge in [0, 0.05) is 6.54 Å². The Bertz CT molecular complexity index is 425. The maximum atomic E-state index is 13.2. The molecule has 1 unspecified atom stereocenters. The van der Waals surface area contributed by atoms with Crippen LogP contribution in [0.2, 0.25) is 0 Å². The monoisotopic (exact) mass is 303 g/mol. The van der Waals surface area contributed by atoms with Crippen molar-refractivity contribution in [1.82, 2.24) is 5.32 Å². The number of carbonyl (C=O) groups excluding carboxylic acids is 2. The Hall–Kier alpha value is -1.43. The lowest BCUT2D eigenvalue weighted by Crippen LogP contribution is -2.34. The molecule has 1 aromatic rings. The van der Waals surface area contributed by atoms with Crippen molar-refractivity contribution >= 4 is 27.8 Å². The SMILES string of the molecule is COC(=O)C(Br)CNC(=O)c1ccccc1F. The summed E-state index contributed by atoms with van der Waals surface area (Å²) in [6.45, 7) is 0.0276. The van der Waals surface area contributed by atoms with E-state index in [2.05, 4.69) is 26.0 Å². The van der Waals surface area contributed by atoms with Crippen LogP contribution < -0.4 is 5.32 Å². The number of carbonyl (C=O) groups is 2. The lowest BCUT2D eigenvalue weighted by Gasteiger charge is -2.09. The largest absolute Gasteiger partial charge is 0.468 e. The molecule has 0 bridgehead atoms. The molecule has 1 N–H and O–H groups in total. The summed E-state index contributed by atoms with van der Waals surface area (Å²) < 4.78 is 17.7. The van der Waals surface area contributed by atoms with E-state index in [4.69, 9.17) is 0 Å². The topological polar surface area (TPSA) is 55.4 Å². The van der Waals surface area contributed by atoms with E-state index < -0.39 is 22.5 Å². The summed E-state index contributed by atoms with van der Waals surface area (Å²) in [5.41, 5.74) is -0.0583. The van der Waals surface area contributed by atoms with E-state index in [-0.39, 0.29) is 12.1 Å². The molecule has 6 heteroatoms. The van der Waals surface area contributed by atoms with Gasteiger partial charge < -0.3 is 10.1 Å². The first-order valence-electron chi connectivity index (χ1n) is 4.81. The fourth-order valence-electron chi connectivity index (χ4n) is 1.13. The molecule has 4 nitrogen and oxygen atoms in total. The van der Waals surface area contributed by atoms with Crippen molar-refractivity contribution < 1.29 is 18.7 Å². The van der Waals surface area contributed by atoms with Crippen LogP contribution in [0, 0.1) is 5.82 Å². The predicted octanol–water partition coefficient (Wildman–Crippen LogP) is 1.49. The molecule has 1 amide bonds. The molecule has 0 saturated heterocycles. The summed E-state index contributed by atoms with van der Waals surface area (Å²) in [4.78, 5) is 21.9. The van der Waals surface area contributed by atoms with E-state index >= 15 is 0 Å². The second-order valence-corrected chi connectivity index (χ2v) is 4.29. The average Bonchev–Trinajstić information content (AvgIpc) is 2.35. The number of methoxy groups -OCH3 is 1. The summed E-state index contributed by atoms with van der Waals surface area (Å²) in [6.07, 6.45) is 0. The summed E-state index contributed by atoms with van der Waals surface area (Å²) in [5, 5.41) is 2.43. The van der Waals surface area contributed by atoms with Crippen LogP contribution in [-0.2, 0) is 9.53 Å². The lowest BCUT2D eigenvalue weighted by molar-refractivity contribution is -0.139. The number of rotatable bonds is 4. The van der Waals surface area contributed by atoms with E-state index in [0.29, 0.717) is 0 Å². The molecule has 0 radical (unpaired) electrons. The quantitative estimate of drug-likeness (QED) is 0.677. The molecule has 0 saturated carbocycles. The van der Waals surface area contributed by atoms with Gasteiger partial charge in [-0.2, -0.15) is 0 Å². The smallest absolute Gasteiger partial charge is 0.321 e. The minimum Gasteiger partial charge on any atom is -0.468 e. The Morgan fingerprint density at radius 3 is 2.71 bits per heavy atom. The molecule has 0 fully saturated rings. The van der Waals surface area contributed by atoms with Gasteiger partial charge in [-0.25, -0.2) is 4.39 Å². The first kappa shape index (κ1) is 13.6. The van der Waals surface area contributed by atoms with Gasteiger partial charge in [0.25, 0.3) is 5.91 Å². The third-order valence-electron chi connectivity index (χ3n) is 2.02. The standard InChI is InChI=1S/C11H11BrFNO3/c1-17-11(16)8(12)6-14-10(15)7-4-2-3-5-9(7)13/h2-5,8H,6H2,1H3,(H,14,15). The van der Waals surface area contributed by atoms with Crippen molar-refractivity contribution in [2.24, 2.45) is 0 Å². The third-order valence-corrected chi connectivity index (χ3v) is 2.71. The number of hydrogen-bond donors (Lipinski definition) is 1. The van der Waals surface area contributed by atoms with E-state index in [1.54, 1.807) is 6.07 Å². The normalized spacial score (nSPS) is 11.7. The number of hydrogen-bond acceptors (Lipinski definition) is 3. The fourth-order valence-corrected chi connectivity index (χ4v) is 1.48. The second kappa shape index (κ2) is 6.34. The predicted molar refractivity (Wildman–Crippen MR) is 63.5 cm³/mol. The van der Waals surface area contributed by atoms with Gasteiger partial charge in [-0.1, -0.05) is 28.1 Å². The van der Waals surface area contributed by atoms with Gasteiger partial charge in [0.2, 0.25) is 0 Å². The minimum atomic E-state index is -0.650. The van der Waals surface area contributed by atoms with E-state index in [9.17, 15) is 14.0 Å². The van der Waals surface area contributed by atoms with Crippen molar-refractivity contribution in [3.8, 4) is 0 Å². The van der Waals surface area contributed by atoms with E-state index in [1.165, 1.54) is 25.3 Å². The van der Waals surface area contributed by atoms with Crippen molar-refractivity contribution in [1.29, 1.82) is 0 Å². The van der Waals surface area contributed by atoms with E-state index in [0.717, 1.165) is 0 Å². The number of halogens is 2. The maximum absolute atomic E-state index is 13.2. The number of alkyl halides is 1. The van der Waals surface area contributed by atoms with Crippen LogP contribution in [0.3, 0.4) is 0 Å². The van der Waals surface area contributed by atoms with Crippen molar-refractivity contribution in [2.45, 2.75) is 4.83 Å². The van der Waals surface area contributed by atoms with Crippen LogP contribution in [0.25, 0.3) is 0 Å². The highest BCUT2D eigenvalue weighted by atomic mass is 79.9. The maximum Gasteiger partial charge on any atom is 0.321 e. The average molecular weight is 304 g/mol. The molecule has 17 heavy (non-hydrogen) atoms. The van der Waals surface area contributed by atoms with Crippen LogP contribution in [0.1, 0.15) is 10.4 Å². The zero-order valence-electron chi connectivity index (χ0n) is 9.07. The Balaban J connectivity index is 2.57. The van der Waals surface area contributed by atoms with Crippen molar-refractivity contribution in [2.75, 3.05) is 13.7 Å². The zero-order chi connectivity index (χ0) is 12.8. The summed E-state index contributed by atoms with van der Waals surface area (Å²) >= 11 is 3.04. The molecule has 0 spiro atoms. The zero-order valence-corrected chi connectivity index (χ0v) is 10.7. The molecular weight excluding hydrogens is 293 g/mol. The Kier molecular flexibility index (Phi) is 5.09. The highest BCUT2D eigenvalue weighted by Gasteiger charge is 2.17. The van der Waals surface area contributed by atoms with Gasteiger partial charge in [0.05, 0.1) is 12.7 Å². The molecule has 1 rings (SSSR count). The third kappa shape index (κ3) is 3.81. The van der Waals surface area contributed by atoms with Gasteiger partial charge in [0.1, 0.15) is 10.6 Å². The van der Waals surface area contributed by atoms with Crippen LogP contribution in [0.15, 0.2) is 24.3 Å². The Morgan fingerprint density at radius 1 is 1.47 bits per heavy atom. The van der Waals surface area contributed by atoms with Crippen molar-refractivity contribution in [3.63, 3.8) is 0 Å². The van der Waals surface area contributed by atoms with Gasteiger partial charge in [0.15, 0.2) is 0 Å². The molecule has 1 atom stereocenters. The molecular formula is C11H11BrFNO3. The van der Waals surface area contributed by atoms with Crippen molar-refractivity contribution in [3.05, 3.63) is 35.6 Å². The van der Waals surface area contributed by atoms with Gasteiger partial charge in [-0.15, -0.1) is 0 Å². The second-order valence-electron chi connectivity index (χ2n) is 3.18. The first-order chi connectivity index (χ1) is 8.06. The van der Waals surface area contributed by atoms with Crippen LogP contribution in [0.5, 0.6) is 0 Å². The van der Waals surface area contributed by atoms with Gasteiger partial charge in [-0.05, 0) is 12.1 Å². The van der Waals surface area contributed by atoms with Gasteiger partial charge >= 0.3 is 5.97 Å². The van der Waals surface area contributed by atoms with E-state index in [1.807, 2.05) is 0 Å². The van der Waals surface area contributed by atoms with Gasteiger partial charge in [-0.3, -0.25) is 9.59 Å². The van der Waals surface area contributed by atoms with Crippen LogP contribution >= 0.6 is 15.9 Å². The van der Waals surface area contributed by atoms with Crippen LogP contribution in [0.4, 0.5) is 4.39 Å². The Labute approximate surface area is 106 Å². The lowest BCUT2D eigenvalue weighted by atomic mass is 10.2. The fraction of sp³-hybridized carbons (Fsp3) is 0.273. The number of amides is 1. The Morgan fingerprint density at radius 2 is 2.12 bits per heavy atom.